The molecule has 0 aromatic carbocycles. The van der Waals surface area contributed by atoms with Crippen LogP contribution in [0.4, 0.5) is 0 Å². The second-order valence-electron chi connectivity index (χ2n) is 5.01. The van der Waals surface area contributed by atoms with Crippen LogP contribution in [0, 0.1) is 0 Å². The Balaban J connectivity index is 1.99. The van der Waals surface area contributed by atoms with Crippen molar-refractivity contribution in [2.45, 2.75) is 25.6 Å². The van der Waals surface area contributed by atoms with Crippen molar-refractivity contribution in [2.24, 2.45) is 0 Å². The molecule has 1 aliphatic heterocycles. The van der Waals surface area contributed by atoms with E-state index in [4.69, 9.17) is 14.2 Å². The highest BCUT2D eigenvalue weighted by Crippen LogP contribution is 2.20. The quantitative estimate of drug-likeness (QED) is 0.795. The van der Waals surface area contributed by atoms with E-state index in [1.165, 1.54) is 13.4 Å². The van der Waals surface area contributed by atoms with E-state index in [9.17, 15) is 4.79 Å². The van der Waals surface area contributed by atoms with Gasteiger partial charge in [-0.2, -0.15) is 0 Å². The van der Waals surface area contributed by atoms with Crippen LogP contribution in [0.15, 0.2) is 11.1 Å². The molecule has 2 rings (SSSR count). The highest BCUT2D eigenvalue weighted by Gasteiger charge is 2.29. The number of rotatable bonds is 4. The lowest BCUT2D eigenvalue weighted by atomic mass is 10.1. The van der Waals surface area contributed by atoms with Gasteiger partial charge in [-0.05, 0) is 13.8 Å². The second-order valence-corrected chi connectivity index (χ2v) is 5.01. The Morgan fingerprint density at radius 2 is 2.37 bits per heavy atom. The van der Waals surface area contributed by atoms with Gasteiger partial charge in [0.1, 0.15) is 12.7 Å². The average molecular weight is 269 g/mol. The summed E-state index contributed by atoms with van der Waals surface area (Å²) < 4.78 is 16.3. The molecule has 1 aromatic heterocycles. The van der Waals surface area contributed by atoms with E-state index >= 15 is 0 Å². The van der Waals surface area contributed by atoms with E-state index in [0.29, 0.717) is 13.2 Å². The van der Waals surface area contributed by atoms with Gasteiger partial charge in [-0.3, -0.25) is 4.79 Å². The molecule has 0 spiro atoms. The molecule has 0 aliphatic carbocycles. The minimum absolute atomic E-state index is 0.0746. The van der Waals surface area contributed by atoms with Crippen LogP contribution >= 0.6 is 0 Å². The molecule has 0 saturated carbocycles. The number of aromatic amines is 1. The summed E-state index contributed by atoms with van der Waals surface area (Å²) in [5, 5.41) is 3.28. The number of nitrogens with zero attached hydrogens (tertiary/aromatic N) is 1. The molecule has 7 heteroatoms. The molecular weight excluding hydrogens is 250 g/mol. The van der Waals surface area contributed by atoms with Crippen molar-refractivity contribution in [3.8, 4) is 11.6 Å². The molecule has 1 saturated heterocycles. The summed E-state index contributed by atoms with van der Waals surface area (Å²) in [6.45, 7) is 5.84. The summed E-state index contributed by atoms with van der Waals surface area (Å²) in [6, 6.07) is 0. The van der Waals surface area contributed by atoms with E-state index in [1.54, 1.807) is 0 Å². The van der Waals surface area contributed by atoms with Crippen LogP contribution in [0.2, 0.25) is 0 Å². The fourth-order valence-electron chi connectivity index (χ4n) is 1.99. The van der Waals surface area contributed by atoms with Crippen LogP contribution in [0.1, 0.15) is 13.8 Å². The van der Waals surface area contributed by atoms with Gasteiger partial charge >= 0.3 is 0 Å². The van der Waals surface area contributed by atoms with Gasteiger partial charge in [0.05, 0.1) is 19.0 Å². The highest BCUT2D eigenvalue weighted by molar-refractivity contribution is 5.29. The average Bonchev–Trinajstić information content (AvgIpc) is 2.35. The molecule has 0 bridgehead atoms. The fourth-order valence-corrected chi connectivity index (χ4v) is 1.99. The maximum Gasteiger partial charge on any atom is 0.297 e. The van der Waals surface area contributed by atoms with Crippen LogP contribution in [-0.4, -0.2) is 48.5 Å². The standard InChI is InChI=1S/C12H19N3O4/c1-12(2)6-13-4-8(19-12)5-18-11-9(17-3)10(16)14-7-15-11/h7-8,13H,4-6H2,1-3H3,(H,14,15,16). The summed E-state index contributed by atoms with van der Waals surface area (Å²) in [5.74, 6) is 0.253. The molecule has 1 unspecified atom stereocenters. The molecule has 1 aliphatic rings. The Labute approximate surface area is 111 Å². The van der Waals surface area contributed by atoms with Gasteiger partial charge in [0.2, 0.25) is 5.75 Å². The van der Waals surface area contributed by atoms with Crippen LogP contribution in [0.25, 0.3) is 0 Å². The molecule has 106 valence electrons. The molecule has 1 atom stereocenters. The number of morpholine rings is 1. The monoisotopic (exact) mass is 269 g/mol. The van der Waals surface area contributed by atoms with Gasteiger partial charge in [-0.25, -0.2) is 4.98 Å². The third kappa shape index (κ3) is 3.45. The van der Waals surface area contributed by atoms with Crippen molar-refractivity contribution in [3.63, 3.8) is 0 Å². The van der Waals surface area contributed by atoms with Crippen molar-refractivity contribution >= 4 is 0 Å². The van der Waals surface area contributed by atoms with Gasteiger partial charge in [0, 0.05) is 13.1 Å². The fraction of sp³-hybridized carbons (Fsp3) is 0.667. The third-order valence-corrected chi connectivity index (χ3v) is 2.80. The van der Waals surface area contributed by atoms with E-state index in [1.807, 2.05) is 13.8 Å². The molecule has 1 aromatic rings. The molecule has 0 radical (unpaired) electrons. The Bertz CT molecular complexity index is 486. The van der Waals surface area contributed by atoms with E-state index in [2.05, 4.69) is 15.3 Å². The van der Waals surface area contributed by atoms with Gasteiger partial charge in [-0.1, -0.05) is 0 Å². The smallest absolute Gasteiger partial charge is 0.297 e. The molecule has 2 heterocycles. The predicted molar refractivity (Wildman–Crippen MR) is 68.7 cm³/mol. The van der Waals surface area contributed by atoms with Crippen molar-refractivity contribution in [3.05, 3.63) is 16.7 Å². The molecule has 7 nitrogen and oxygen atoms in total. The van der Waals surface area contributed by atoms with Gasteiger partial charge in [0.15, 0.2) is 0 Å². The Kier molecular flexibility index (Phi) is 4.06. The van der Waals surface area contributed by atoms with Crippen molar-refractivity contribution < 1.29 is 14.2 Å². The molecular formula is C12H19N3O4. The molecule has 19 heavy (non-hydrogen) atoms. The number of hydrogen-bond acceptors (Lipinski definition) is 6. The van der Waals surface area contributed by atoms with Crippen molar-refractivity contribution in [2.75, 3.05) is 26.8 Å². The van der Waals surface area contributed by atoms with Gasteiger partial charge < -0.3 is 24.5 Å². The van der Waals surface area contributed by atoms with Crippen molar-refractivity contribution in [1.82, 2.24) is 15.3 Å². The Morgan fingerprint density at radius 1 is 1.58 bits per heavy atom. The summed E-state index contributed by atoms with van der Waals surface area (Å²) in [4.78, 5) is 17.9. The molecule has 1 fully saturated rings. The maximum atomic E-state index is 11.5. The first-order valence-electron chi connectivity index (χ1n) is 6.15. The molecule has 2 N–H and O–H groups in total. The Morgan fingerprint density at radius 3 is 3.05 bits per heavy atom. The normalized spacial score (nSPS) is 21.9. The lowest BCUT2D eigenvalue weighted by Crippen LogP contribution is -2.52. The first-order valence-corrected chi connectivity index (χ1v) is 6.15. The zero-order valence-electron chi connectivity index (χ0n) is 11.4. The van der Waals surface area contributed by atoms with Gasteiger partial charge in [-0.15, -0.1) is 0 Å². The van der Waals surface area contributed by atoms with E-state index < -0.39 is 0 Å². The van der Waals surface area contributed by atoms with Crippen LogP contribution in [-0.2, 0) is 4.74 Å². The lowest BCUT2D eigenvalue weighted by Gasteiger charge is -2.36. The number of ether oxygens (including phenoxy) is 3. The lowest BCUT2D eigenvalue weighted by molar-refractivity contribution is -0.107. The zero-order chi connectivity index (χ0) is 13.9. The van der Waals surface area contributed by atoms with Crippen LogP contribution in [0.5, 0.6) is 11.6 Å². The summed E-state index contributed by atoms with van der Waals surface area (Å²) in [6.07, 6.45) is 1.19. The van der Waals surface area contributed by atoms with Crippen molar-refractivity contribution in [1.29, 1.82) is 0 Å². The highest BCUT2D eigenvalue weighted by atomic mass is 16.6. The van der Waals surface area contributed by atoms with Crippen LogP contribution in [0.3, 0.4) is 0 Å². The minimum atomic E-state index is -0.365. The number of hydrogen-bond donors (Lipinski definition) is 2. The maximum absolute atomic E-state index is 11.5. The number of methoxy groups -OCH3 is 1. The van der Waals surface area contributed by atoms with E-state index in [-0.39, 0.29) is 28.9 Å². The summed E-state index contributed by atoms with van der Waals surface area (Å²) in [7, 11) is 1.40. The number of aromatic nitrogens is 2. The predicted octanol–water partition coefficient (Wildman–Crippen LogP) is -0.0757. The third-order valence-electron chi connectivity index (χ3n) is 2.80. The van der Waals surface area contributed by atoms with E-state index in [0.717, 1.165) is 6.54 Å². The minimum Gasteiger partial charge on any atom is -0.487 e. The first-order chi connectivity index (χ1) is 9.02. The number of H-pyrrole nitrogens is 1. The summed E-state index contributed by atoms with van der Waals surface area (Å²) in [5.41, 5.74) is -0.590. The second kappa shape index (κ2) is 5.58. The largest absolute Gasteiger partial charge is 0.487 e. The zero-order valence-corrected chi connectivity index (χ0v) is 11.4. The number of nitrogens with one attached hydrogen (secondary N) is 2. The topological polar surface area (TPSA) is 85.5 Å². The molecule has 0 amide bonds. The first kappa shape index (κ1) is 13.8. The van der Waals surface area contributed by atoms with Gasteiger partial charge in [0.25, 0.3) is 11.4 Å². The Hall–Kier alpha value is -1.60. The summed E-state index contributed by atoms with van der Waals surface area (Å²) >= 11 is 0. The van der Waals surface area contributed by atoms with Crippen LogP contribution < -0.4 is 20.3 Å². The SMILES string of the molecule is COc1c(OCC2CNCC(C)(C)O2)nc[nH]c1=O.